The molecule has 4 nitrogen and oxygen atoms in total. The summed E-state index contributed by atoms with van der Waals surface area (Å²) >= 11 is 0. The number of nitrogens with zero attached hydrogens (tertiary/aromatic N) is 3. The second-order valence-corrected chi connectivity index (χ2v) is 2.74. The molecule has 0 aliphatic heterocycles. The van der Waals surface area contributed by atoms with Crippen molar-refractivity contribution in [2.24, 2.45) is 0 Å². The highest BCUT2D eigenvalue weighted by molar-refractivity contribution is 5.50. The molecule has 14 heavy (non-hydrogen) atoms. The van der Waals surface area contributed by atoms with Crippen LogP contribution in [0.2, 0.25) is 0 Å². The number of rotatable bonds is 3. The molecule has 0 amide bonds. The minimum absolute atomic E-state index is 0.518. The second kappa shape index (κ2) is 3.83. The number of allylic oxidation sites excluding steroid dienone is 1. The second-order valence-electron chi connectivity index (χ2n) is 2.74. The third kappa shape index (κ3) is 1.69. The molecule has 0 aliphatic rings. The van der Waals surface area contributed by atoms with Gasteiger partial charge in [-0.1, -0.05) is 11.2 Å². The van der Waals surface area contributed by atoms with Gasteiger partial charge < -0.3 is 4.52 Å². The molecular weight excluding hydrogens is 178 g/mol. The molecule has 0 N–H and O–H groups in total. The fraction of sp³-hybridized carbons (Fsp3) is 0.100. The van der Waals surface area contributed by atoms with Crippen LogP contribution >= 0.6 is 0 Å². The molecular formula is C10H9N3O. The predicted octanol–water partition coefficient (Wildman–Crippen LogP) is 1.86. The van der Waals surface area contributed by atoms with Gasteiger partial charge in [0.05, 0.1) is 0 Å². The van der Waals surface area contributed by atoms with Crippen molar-refractivity contribution >= 4 is 0 Å². The Morgan fingerprint density at radius 3 is 2.86 bits per heavy atom. The third-order valence-electron chi connectivity index (χ3n) is 1.72. The number of pyridine rings is 1. The Kier molecular flexibility index (Phi) is 2.36. The molecule has 0 aromatic carbocycles. The summed E-state index contributed by atoms with van der Waals surface area (Å²) in [6, 6.07) is 3.65. The summed E-state index contributed by atoms with van der Waals surface area (Å²) in [5.41, 5.74) is 0.878. The molecule has 0 saturated carbocycles. The highest BCUT2D eigenvalue weighted by atomic mass is 16.5. The van der Waals surface area contributed by atoms with Gasteiger partial charge in [-0.15, -0.1) is 6.58 Å². The van der Waals surface area contributed by atoms with Gasteiger partial charge in [0.1, 0.15) is 0 Å². The molecule has 0 spiro atoms. The summed E-state index contributed by atoms with van der Waals surface area (Å²) in [6.07, 6.45) is 5.73. The lowest BCUT2D eigenvalue weighted by Crippen LogP contribution is -1.83. The van der Waals surface area contributed by atoms with Gasteiger partial charge in [-0.3, -0.25) is 4.98 Å². The zero-order chi connectivity index (χ0) is 9.80. The van der Waals surface area contributed by atoms with Crippen LogP contribution in [0.25, 0.3) is 11.5 Å². The van der Waals surface area contributed by atoms with Crippen LogP contribution in [0, 0.1) is 0 Å². The predicted molar refractivity (Wildman–Crippen MR) is 51.4 cm³/mol. The van der Waals surface area contributed by atoms with E-state index in [1.54, 1.807) is 18.5 Å². The summed E-state index contributed by atoms with van der Waals surface area (Å²) in [7, 11) is 0. The summed E-state index contributed by atoms with van der Waals surface area (Å²) in [5.74, 6) is 1.16. The van der Waals surface area contributed by atoms with Crippen LogP contribution in [0.1, 0.15) is 5.82 Å². The van der Waals surface area contributed by atoms with E-state index in [1.165, 1.54) is 0 Å². The molecule has 70 valence electrons. The van der Waals surface area contributed by atoms with E-state index in [1.807, 2.05) is 12.1 Å². The maximum absolute atomic E-state index is 5.07. The normalized spacial score (nSPS) is 10.0. The van der Waals surface area contributed by atoms with Crippen molar-refractivity contribution in [1.29, 1.82) is 0 Å². The Bertz CT molecular complexity index is 422. The first-order chi connectivity index (χ1) is 6.90. The fourth-order valence-corrected chi connectivity index (χ4v) is 1.08. The first-order valence-electron chi connectivity index (χ1n) is 4.24. The lowest BCUT2D eigenvalue weighted by Gasteiger charge is -1.89. The van der Waals surface area contributed by atoms with Gasteiger partial charge in [0, 0.05) is 24.4 Å². The number of aromatic nitrogens is 3. The maximum Gasteiger partial charge on any atom is 0.258 e. The van der Waals surface area contributed by atoms with Crippen molar-refractivity contribution in [2.45, 2.75) is 6.42 Å². The Morgan fingerprint density at radius 2 is 2.14 bits per heavy atom. The first-order valence-corrected chi connectivity index (χ1v) is 4.24. The van der Waals surface area contributed by atoms with E-state index in [9.17, 15) is 0 Å². The maximum atomic E-state index is 5.07. The van der Waals surface area contributed by atoms with Crippen LogP contribution in [-0.2, 0) is 6.42 Å². The van der Waals surface area contributed by atoms with Crippen LogP contribution in [0.4, 0.5) is 0 Å². The molecule has 0 aliphatic carbocycles. The Labute approximate surface area is 81.3 Å². The van der Waals surface area contributed by atoms with Crippen LogP contribution in [0.3, 0.4) is 0 Å². The molecule has 0 atom stereocenters. The molecule has 0 unspecified atom stereocenters. The van der Waals surface area contributed by atoms with Crippen molar-refractivity contribution in [3.8, 4) is 11.5 Å². The van der Waals surface area contributed by atoms with Crippen molar-refractivity contribution in [2.75, 3.05) is 0 Å². The lowest BCUT2D eigenvalue weighted by molar-refractivity contribution is 0.424. The average molecular weight is 187 g/mol. The Balaban J connectivity index is 2.29. The molecule has 2 heterocycles. The molecule has 2 aromatic heterocycles. The molecule has 2 rings (SSSR count). The zero-order valence-electron chi connectivity index (χ0n) is 7.55. The summed E-state index contributed by atoms with van der Waals surface area (Å²) in [6.45, 7) is 3.61. The fourth-order valence-electron chi connectivity index (χ4n) is 1.08. The lowest BCUT2D eigenvalue weighted by atomic mass is 10.3. The van der Waals surface area contributed by atoms with Crippen LogP contribution in [-0.4, -0.2) is 15.1 Å². The van der Waals surface area contributed by atoms with E-state index >= 15 is 0 Å². The molecule has 0 bridgehead atoms. The van der Waals surface area contributed by atoms with E-state index in [4.69, 9.17) is 4.52 Å². The van der Waals surface area contributed by atoms with Crippen LogP contribution in [0.5, 0.6) is 0 Å². The van der Waals surface area contributed by atoms with Gasteiger partial charge in [-0.05, 0) is 12.1 Å². The minimum atomic E-state index is 0.518. The largest absolute Gasteiger partial charge is 0.334 e. The van der Waals surface area contributed by atoms with E-state index < -0.39 is 0 Å². The summed E-state index contributed by atoms with van der Waals surface area (Å²) in [5, 5.41) is 3.80. The summed E-state index contributed by atoms with van der Waals surface area (Å²) < 4.78 is 5.07. The standard InChI is InChI=1S/C10H9N3O/c1-2-3-9-12-10(14-13-9)8-4-6-11-7-5-8/h2,4-7H,1,3H2. The Hall–Kier alpha value is -1.97. The van der Waals surface area contributed by atoms with Gasteiger partial charge in [0.2, 0.25) is 0 Å². The molecule has 0 fully saturated rings. The van der Waals surface area contributed by atoms with Gasteiger partial charge in [-0.2, -0.15) is 4.98 Å². The molecule has 0 radical (unpaired) electrons. The van der Waals surface area contributed by atoms with Gasteiger partial charge in [-0.25, -0.2) is 0 Å². The van der Waals surface area contributed by atoms with Crippen LogP contribution in [0.15, 0.2) is 41.7 Å². The molecule has 4 heteroatoms. The molecule has 0 saturated heterocycles. The SMILES string of the molecule is C=CCc1noc(-c2ccncc2)n1. The smallest absolute Gasteiger partial charge is 0.258 e. The van der Waals surface area contributed by atoms with Gasteiger partial charge in [0.15, 0.2) is 5.82 Å². The zero-order valence-corrected chi connectivity index (χ0v) is 7.55. The highest BCUT2D eigenvalue weighted by Crippen LogP contribution is 2.15. The minimum Gasteiger partial charge on any atom is -0.334 e. The van der Waals surface area contributed by atoms with Crippen molar-refractivity contribution in [3.05, 3.63) is 43.0 Å². The number of hydrogen-bond donors (Lipinski definition) is 0. The van der Waals surface area contributed by atoms with E-state index in [0.717, 1.165) is 5.56 Å². The third-order valence-corrected chi connectivity index (χ3v) is 1.72. The van der Waals surface area contributed by atoms with E-state index in [0.29, 0.717) is 18.1 Å². The van der Waals surface area contributed by atoms with Crippen molar-refractivity contribution in [1.82, 2.24) is 15.1 Å². The van der Waals surface area contributed by atoms with Gasteiger partial charge in [0.25, 0.3) is 5.89 Å². The van der Waals surface area contributed by atoms with Crippen LogP contribution < -0.4 is 0 Å². The topological polar surface area (TPSA) is 51.8 Å². The summed E-state index contributed by atoms with van der Waals surface area (Å²) in [4.78, 5) is 8.10. The van der Waals surface area contributed by atoms with E-state index in [2.05, 4.69) is 21.7 Å². The quantitative estimate of drug-likeness (QED) is 0.688. The average Bonchev–Trinajstić information content (AvgIpc) is 2.68. The van der Waals surface area contributed by atoms with Gasteiger partial charge >= 0.3 is 0 Å². The first kappa shape index (κ1) is 8.62. The monoisotopic (exact) mass is 187 g/mol. The highest BCUT2D eigenvalue weighted by Gasteiger charge is 2.06. The Morgan fingerprint density at radius 1 is 1.36 bits per heavy atom. The number of hydrogen-bond acceptors (Lipinski definition) is 4. The molecule has 2 aromatic rings. The van der Waals surface area contributed by atoms with Crippen molar-refractivity contribution in [3.63, 3.8) is 0 Å². The van der Waals surface area contributed by atoms with Crippen molar-refractivity contribution < 1.29 is 4.52 Å². The van der Waals surface area contributed by atoms with E-state index in [-0.39, 0.29) is 0 Å².